The van der Waals surface area contributed by atoms with E-state index in [0.29, 0.717) is 17.1 Å². The van der Waals surface area contributed by atoms with E-state index in [1.807, 2.05) is 30.3 Å². The van der Waals surface area contributed by atoms with E-state index in [-0.39, 0.29) is 24.6 Å². The fraction of sp³-hybridized carbons (Fsp3) is 0.188. The summed E-state index contributed by atoms with van der Waals surface area (Å²) < 4.78 is 11.5. The Bertz CT molecular complexity index is 865. The van der Waals surface area contributed by atoms with E-state index >= 15 is 0 Å². The van der Waals surface area contributed by atoms with Gasteiger partial charge in [-0.3, -0.25) is 9.59 Å². The number of rotatable bonds is 4. The Morgan fingerprint density at radius 2 is 2.05 bits per heavy atom. The number of carbonyl (C=O) groups excluding carboxylic acids is 1. The first-order chi connectivity index (χ1) is 10.6. The molecule has 2 heterocycles. The molecule has 0 bridgehead atoms. The molecule has 112 valence electrons. The van der Waals surface area contributed by atoms with Crippen molar-refractivity contribution in [1.29, 1.82) is 0 Å². The van der Waals surface area contributed by atoms with E-state index in [2.05, 4.69) is 4.98 Å². The molecule has 0 atom stereocenters. The van der Waals surface area contributed by atoms with Crippen LogP contribution < -0.4 is 5.56 Å². The Labute approximate surface area is 125 Å². The van der Waals surface area contributed by atoms with Crippen LogP contribution in [0.4, 0.5) is 0 Å². The zero-order valence-electron chi connectivity index (χ0n) is 12.0. The number of aryl methyl sites for hydroxylation is 1. The lowest BCUT2D eigenvalue weighted by Gasteiger charge is -2.04. The van der Waals surface area contributed by atoms with E-state index in [0.717, 1.165) is 10.1 Å². The smallest absolute Gasteiger partial charge is 0.310 e. The maximum atomic E-state index is 11.8. The second-order valence-electron chi connectivity index (χ2n) is 4.91. The monoisotopic (exact) mass is 298 g/mol. The number of hydrogen-bond donors (Lipinski definition) is 0. The fourth-order valence-corrected chi connectivity index (χ4v) is 2.12. The highest BCUT2D eigenvalue weighted by Gasteiger charge is 2.09. The lowest BCUT2D eigenvalue weighted by molar-refractivity contribution is -0.144. The van der Waals surface area contributed by atoms with Crippen molar-refractivity contribution in [3.63, 3.8) is 0 Å². The van der Waals surface area contributed by atoms with Crippen LogP contribution in [-0.4, -0.2) is 15.5 Å². The Morgan fingerprint density at radius 1 is 1.27 bits per heavy atom. The summed E-state index contributed by atoms with van der Waals surface area (Å²) in [6.07, 6.45) is 0.187. The molecular weight excluding hydrogens is 284 g/mol. The highest BCUT2D eigenvalue weighted by molar-refractivity contribution is 5.72. The molecule has 0 radical (unpaired) electrons. The van der Waals surface area contributed by atoms with E-state index in [1.165, 1.54) is 6.07 Å². The molecular formula is C16H14N2O4. The zero-order chi connectivity index (χ0) is 15.5. The number of ether oxygens (including phenoxy) is 1. The van der Waals surface area contributed by atoms with Crippen molar-refractivity contribution < 1.29 is 14.1 Å². The summed E-state index contributed by atoms with van der Waals surface area (Å²) in [4.78, 5) is 27.9. The van der Waals surface area contributed by atoms with E-state index in [4.69, 9.17) is 9.26 Å². The molecule has 6 nitrogen and oxygen atoms in total. The quantitative estimate of drug-likeness (QED) is 0.688. The first-order valence-corrected chi connectivity index (χ1v) is 6.81. The van der Waals surface area contributed by atoms with Crippen molar-refractivity contribution in [3.8, 4) is 0 Å². The third kappa shape index (κ3) is 3.06. The van der Waals surface area contributed by atoms with E-state index in [1.54, 1.807) is 13.0 Å². The summed E-state index contributed by atoms with van der Waals surface area (Å²) in [6.45, 7) is 1.69. The lowest BCUT2D eigenvalue weighted by atomic mass is 10.2. The van der Waals surface area contributed by atoms with Gasteiger partial charge in [0.05, 0.1) is 12.1 Å². The van der Waals surface area contributed by atoms with Crippen LogP contribution in [0.3, 0.4) is 0 Å². The van der Waals surface area contributed by atoms with Gasteiger partial charge in [0, 0.05) is 12.1 Å². The maximum Gasteiger partial charge on any atom is 0.310 e. The van der Waals surface area contributed by atoms with Gasteiger partial charge in [0.2, 0.25) is 0 Å². The van der Waals surface area contributed by atoms with Crippen molar-refractivity contribution in [2.24, 2.45) is 0 Å². The van der Waals surface area contributed by atoms with Crippen molar-refractivity contribution >= 4 is 11.6 Å². The van der Waals surface area contributed by atoms with Crippen LogP contribution in [0.25, 0.3) is 5.65 Å². The Kier molecular flexibility index (Phi) is 3.74. The first kappa shape index (κ1) is 14.1. The molecule has 0 aliphatic rings. The molecule has 22 heavy (non-hydrogen) atoms. The van der Waals surface area contributed by atoms with Gasteiger partial charge in [-0.25, -0.2) is 4.98 Å². The van der Waals surface area contributed by atoms with Gasteiger partial charge in [-0.15, -0.1) is 4.57 Å². The highest BCUT2D eigenvalue weighted by atomic mass is 16.5. The molecule has 0 fully saturated rings. The first-order valence-electron chi connectivity index (χ1n) is 6.81. The van der Waals surface area contributed by atoms with Crippen LogP contribution >= 0.6 is 0 Å². The highest BCUT2D eigenvalue weighted by Crippen LogP contribution is 2.06. The van der Waals surface area contributed by atoms with Gasteiger partial charge in [-0.2, -0.15) is 0 Å². The van der Waals surface area contributed by atoms with Crippen molar-refractivity contribution in [2.75, 3.05) is 0 Å². The number of aromatic nitrogens is 2. The lowest BCUT2D eigenvalue weighted by Crippen LogP contribution is -2.15. The minimum absolute atomic E-state index is 0.0400. The summed E-state index contributed by atoms with van der Waals surface area (Å²) in [5.74, 6) is 0.222. The second kappa shape index (κ2) is 5.85. The molecule has 6 heteroatoms. The van der Waals surface area contributed by atoms with Gasteiger partial charge in [0.1, 0.15) is 12.4 Å². The molecule has 0 N–H and O–H groups in total. The molecule has 0 amide bonds. The minimum atomic E-state index is -0.364. The molecule has 2 aromatic heterocycles. The van der Waals surface area contributed by atoms with Crippen molar-refractivity contribution in [1.82, 2.24) is 9.56 Å². The molecule has 0 spiro atoms. The van der Waals surface area contributed by atoms with Crippen LogP contribution in [0.2, 0.25) is 0 Å². The summed E-state index contributed by atoms with van der Waals surface area (Å²) in [5, 5.41) is 0. The Hall–Kier alpha value is -2.89. The van der Waals surface area contributed by atoms with Gasteiger partial charge in [-0.05, 0) is 12.5 Å². The zero-order valence-corrected chi connectivity index (χ0v) is 12.0. The van der Waals surface area contributed by atoms with E-state index in [9.17, 15) is 9.59 Å². The number of esters is 1. The molecule has 0 unspecified atom stereocenters. The molecule has 0 aliphatic heterocycles. The van der Waals surface area contributed by atoms with Crippen LogP contribution in [0.1, 0.15) is 17.0 Å². The maximum absolute atomic E-state index is 11.8. The van der Waals surface area contributed by atoms with Crippen molar-refractivity contribution in [3.05, 3.63) is 69.8 Å². The molecule has 3 aromatic rings. The third-order valence-corrected chi connectivity index (χ3v) is 3.10. The standard InChI is InChI=1S/C16H14N2O4/c1-11-7-14-17-13(9-15(19)18(14)22-11)10-21-16(20)8-12-5-3-2-4-6-12/h2-7,9H,8,10H2,1H3. The fourth-order valence-electron chi connectivity index (χ4n) is 2.12. The van der Waals surface area contributed by atoms with Gasteiger partial charge < -0.3 is 9.26 Å². The molecule has 3 rings (SSSR count). The van der Waals surface area contributed by atoms with Gasteiger partial charge in [-0.1, -0.05) is 30.3 Å². The number of nitrogens with zero attached hydrogens (tertiary/aromatic N) is 2. The minimum Gasteiger partial charge on any atom is -0.459 e. The number of fused-ring (bicyclic) bond motifs is 1. The molecule has 0 aliphatic carbocycles. The SMILES string of the molecule is Cc1cc2nc(COC(=O)Cc3ccccc3)cc(=O)n2o1. The van der Waals surface area contributed by atoms with Crippen LogP contribution in [0.15, 0.2) is 51.8 Å². The van der Waals surface area contributed by atoms with Crippen LogP contribution in [0.5, 0.6) is 0 Å². The molecule has 1 aromatic carbocycles. The topological polar surface area (TPSA) is 73.8 Å². The summed E-state index contributed by atoms with van der Waals surface area (Å²) in [5.41, 5.74) is 1.33. The van der Waals surface area contributed by atoms with Gasteiger partial charge >= 0.3 is 5.97 Å². The largest absolute Gasteiger partial charge is 0.459 e. The average Bonchev–Trinajstić information content (AvgIpc) is 2.87. The predicted octanol–water partition coefficient (Wildman–Crippen LogP) is 1.88. The summed E-state index contributed by atoms with van der Waals surface area (Å²) >= 11 is 0. The number of benzene rings is 1. The molecule has 0 saturated carbocycles. The van der Waals surface area contributed by atoms with Gasteiger partial charge in [0.15, 0.2) is 5.65 Å². The van der Waals surface area contributed by atoms with E-state index < -0.39 is 0 Å². The van der Waals surface area contributed by atoms with Crippen LogP contribution in [0, 0.1) is 6.92 Å². The number of hydrogen-bond acceptors (Lipinski definition) is 5. The average molecular weight is 298 g/mol. The summed E-state index contributed by atoms with van der Waals surface area (Å²) in [6, 6.07) is 12.3. The third-order valence-electron chi connectivity index (χ3n) is 3.10. The van der Waals surface area contributed by atoms with Gasteiger partial charge in [0.25, 0.3) is 5.56 Å². The van der Waals surface area contributed by atoms with Crippen LogP contribution in [-0.2, 0) is 22.6 Å². The Balaban J connectivity index is 1.68. The van der Waals surface area contributed by atoms with Crippen molar-refractivity contribution in [2.45, 2.75) is 20.0 Å². The Morgan fingerprint density at radius 3 is 2.82 bits per heavy atom. The predicted molar refractivity (Wildman–Crippen MR) is 78.4 cm³/mol. The normalized spacial score (nSPS) is 10.8. The second-order valence-corrected chi connectivity index (χ2v) is 4.91. The molecule has 0 saturated heterocycles. The number of carbonyl (C=O) groups is 1. The summed E-state index contributed by atoms with van der Waals surface area (Å²) in [7, 11) is 0.